The van der Waals surface area contributed by atoms with Gasteiger partial charge in [-0.25, -0.2) is 0 Å². The van der Waals surface area contributed by atoms with Crippen LogP contribution in [0.5, 0.6) is 11.5 Å². The van der Waals surface area contributed by atoms with Gasteiger partial charge in [0.1, 0.15) is 6.04 Å². The zero-order chi connectivity index (χ0) is 14.3. The summed E-state index contributed by atoms with van der Waals surface area (Å²) in [4.78, 5) is 11.6. The first-order chi connectivity index (χ1) is 9.12. The van der Waals surface area contributed by atoms with Crippen molar-refractivity contribution < 1.29 is 19.0 Å². The van der Waals surface area contributed by atoms with Gasteiger partial charge in [0, 0.05) is 13.7 Å². The van der Waals surface area contributed by atoms with E-state index in [2.05, 4.69) is 5.32 Å². The highest BCUT2D eigenvalue weighted by Gasteiger charge is 2.12. The Labute approximate surface area is 112 Å². The highest BCUT2D eigenvalue weighted by Crippen LogP contribution is 2.27. The van der Waals surface area contributed by atoms with Crippen LogP contribution in [0.4, 0.5) is 0 Å². The summed E-state index contributed by atoms with van der Waals surface area (Å²) in [7, 11) is 4.64. The monoisotopic (exact) mass is 268 g/mol. The molecule has 0 aromatic heterocycles. The number of ether oxygens (including phenoxy) is 3. The van der Waals surface area contributed by atoms with Crippen LogP contribution >= 0.6 is 0 Å². The largest absolute Gasteiger partial charge is 0.493 e. The lowest BCUT2D eigenvalue weighted by Crippen LogP contribution is -2.43. The lowest BCUT2D eigenvalue weighted by molar-refractivity contribution is -0.123. The van der Waals surface area contributed by atoms with Crippen LogP contribution in [0, 0.1) is 0 Å². The van der Waals surface area contributed by atoms with E-state index in [1.165, 1.54) is 7.11 Å². The van der Waals surface area contributed by atoms with Crippen LogP contribution in [0.1, 0.15) is 5.56 Å². The Morgan fingerprint density at radius 2 is 1.95 bits per heavy atom. The van der Waals surface area contributed by atoms with Crippen LogP contribution < -0.4 is 20.5 Å². The number of carbonyl (C=O) groups excluding carboxylic acids is 1. The summed E-state index contributed by atoms with van der Waals surface area (Å²) in [5.41, 5.74) is 6.51. The SMILES string of the molecule is COCC(N)C(=O)NCc1ccc(OC)c(OC)c1. The maximum atomic E-state index is 11.6. The van der Waals surface area contributed by atoms with Crippen molar-refractivity contribution in [3.63, 3.8) is 0 Å². The van der Waals surface area contributed by atoms with Crippen molar-refractivity contribution in [2.75, 3.05) is 27.9 Å². The number of hydrogen-bond acceptors (Lipinski definition) is 5. The predicted octanol–water partition coefficient (Wildman–Crippen LogP) is 0.294. The number of nitrogens with one attached hydrogen (secondary N) is 1. The molecule has 106 valence electrons. The minimum Gasteiger partial charge on any atom is -0.493 e. The molecule has 6 nitrogen and oxygen atoms in total. The van der Waals surface area contributed by atoms with E-state index in [-0.39, 0.29) is 12.5 Å². The third-order valence-electron chi connectivity index (χ3n) is 2.60. The number of methoxy groups -OCH3 is 3. The summed E-state index contributed by atoms with van der Waals surface area (Å²) in [6, 6.07) is 4.78. The van der Waals surface area contributed by atoms with Crippen LogP contribution in [0.2, 0.25) is 0 Å². The van der Waals surface area contributed by atoms with Crippen molar-refractivity contribution in [2.24, 2.45) is 5.73 Å². The zero-order valence-electron chi connectivity index (χ0n) is 11.4. The van der Waals surface area contributed by atoms with Gasteiger partial charge in [0.05, 0.1) is 20.8 Å². The molecule has 1 unspecified atom stereocenters. The van der Waals surface area contributed by atoms with Crippen molar-refractivity contribution in [1.82, 2.24) is 5.32 Å². The molecular formula is C13H20N2O4. The van der Waals surface area contributed by atoms with Gasteiger partial charge >= 0.3 is 0 Å². The molecule has 1 aromatic rings. The van der Waals surface area contributed by atoms with Crippen LogP contribution in [0.25, 0.3) is 0 Å². The highest BCUT2D eigenvalue weighted by atomic mass is 16.5. The second-order valence-corrected chi connectivity index (χ2v) is 3.97. The van der Waals surface area contributed by atoms with E-state index in [0.29, 0.717) is 18.0 Å². The Morgan fingerprint density at radius 3 is 2.53 bits per heavy atom. The summed E-state index contributed by atoms with van der Waals surface area (Å²) in [5.74, 6) is 1.01. The molecule has 1 aromatic carbocycles. The lowest BCUT2D eigenvalue weighted by Gasteiger charge is -2.13. The average Bonchev–Trinajstić information content (AvgIpc) is 2.44. The first-order valence-electron chi connectivity index (χ1n) is 5.85. The van der Waals surface area contributed by atoms with Gasteiger partial charge in [-0.15, -0.1) is 0 Å². The number of rotatable bonds is 7. The van der Waals surface area contributed by atoms with E-state index >= 15 is 0 Å². The molecule has 19 heavy (non-hydrogen) atoms. The quantitative estimate of drug-likeness (QED) is 0.743. The maximum absolute atomic E-state index is 11.6. The molecule has 1 rings (SSSR count). The second-order valence-electron chi connectivity index (χ2n) is 3.97. The van der Waals surface area contributed by atoms with Crippen molar-refractivity contribution in [3.8, 4) is 11.5 Å². The van der Waals surface area contributed by atoms with Crippen molar-refractivity contribution >= 4 is 5.91 Å². The summed E-state index contributed by atoms with van der Waals surface area (Å²) in [6.45, 7) is 0.564. The molecular weight excluding hydrogens is 248 g/mol. The molecule has 0 fully saturated rings. The molecule has 0 saturated carbocycles. The standard InChI is InChI=1S/C13H20N2O4/c1-17-8-10(14)13(16)15-7-9-4-5-11(18-2)12(6-9)19-3/h4-6,10H,7-8,14H2,1-3H3,(H,15,16). The average molecular weight is 268 g/mol. The van der Waals surface area contributed by atoms with Crippen LogP contribution in [0.15, 0.2) is 18.2 Å². The minimum atomic E-state index is -0.662. The van der Waals surface area contributed by atoms with Gasteiger partial charge in [-0.05, 0) is 17.7 Å². The van der Waals surface area contributed by atoms with Gasteiger partial charge in [0.2, 0.25) is 5.91 Å². The van der Waals surface area contributed by atoms with Gasteiger partial charge in [-0.3, -0.25) is 4.79 Å². The van der Waals surface area contributed by atoms with Gasteiger partial charge in [0.15, 0.2) is 11.5 Å². The first kappa shape index (κ1) is 15.3. The van der Waals surface area contributed by atoms with Crippen molar-refractivity contribution in [3.05, 3.63) is 23.8 Å². The molecule has 0 aliphatic carbocycles. The molecule has 6 heteroatoms. The fraction of sp³-hybridized carbons (Fsp3) is 0.462. The Balaban J connectivity index is 2.60. The molecule has 3 N–H and O–H groups in total. The normalized spacial score (nSPS) is 11.8. The van der Waals surface area contributed by atoms with Crippen molar-refractivity contribution in [1.29, 1.82) is 0 Å². The summed E-state index contributed by atoms with van der Waals surface area (Å²) >= 11 is 0. The molecule has 0 aliphatic rings. The number of carbonyl (C=O) groups is 1. The number of amides is 1. The number of benzene rings is 1. The fourth-order valence-electron chi connectivity index (χ4n) is 1.57. The van der Waals surface area contributed by atoms with Gasteiger partial charge < -0.3 is 25.3 Å². The third kappa shape index (κ3) is 4.42. The van der Waals surface area contributed by atoms with Crippen LogP contribution in [0.3, 0.4) is 0 Å². The molecule has 0 heterocycles. The molecule has 0 bridgehead atoms. The topological polar surface area (TPSA) is 82.8 Å². The Bertz CT molecular complexity index is 423. The molecule has 0 spiro atoms. The molecule has 0 saturated heterocycles. The maximum Gasteiger partial charge on any atom is 0.239 e. The highest BCUT2D eigenvalue weighted by molar-refractivity contribution is 5.81. The molecule has 0 radical (unpaired) electrons. The smallest absolute Gasteiger partial charge is 0.239 e. The predicted molar refractivity (Wildman–Crippen MR) is 71.2 cm³/mol. The Kier molecular flexibility index (Phi) is 6.11. The molecule has 0 aliphatic heterocycles. The fourth-order valence-corrected chi connectivity index (χ4v) is 1.57. The number of nitrogens with two attached hydrogens (primary N) is 1. The van der Waals surface area contributed by atoms with E-state index in [0.717, 1.165) is 5.56 Å². The summed E-state index contributed by atoms with van der Waals surface area (Å²) in [6.07, 6.45) is 0. The van der Waals surface area contributed by atoms with E-state index in [4.69, 9.17) is 19.9 Å². The second kappa shape index (κ2) is 7.60. The van der Waals surface area contributed by atoms with E-state index in [1.54, 1.807) is 26.4 Å². The van der Waals surface area contributed by atoms with Gasteiger partial charge in [-0.2, -0.15) is 0 Å². The van der Waals surface area contributed by atoms with Gasteiger partial charge in [0.25, 0.3) is 0 Å². The van der Waals surface area contributed by atoms with E-state index in [1.807, 2.05) is 6.07 Å². The first-order valence-corrected chi connectivity index (χ1v) is 5.85. The third-order valence-corrected chi connectivity index (χ3v) is 2.60. The Hall–Kier alpha value is -1.79. The summed E-state index contributed by atoms with van der Waals surface area (Å²) in [5, 5.41) is 2.73. The van der Waals surface area contributed by atoms with Crippen molar-refractivity contribution in [2.45, 2.75) is 12.6 Å². The minimum absolute atomic E-state index is 0.192. The molecule has 1 atom stereocenters. The van der Waals surface area contributed by atoms with Crippen LogP contribution in [-0.4, -0.2) is 39.9 Å². The lowest BCUT2D eigenvalue weighted by atomic mass is 10.2. The Morgan fingerprint density at radius 1 is 1.26 bits per heavy atom. The van der Waals surface area contributed by atoms with Gasteiger partial charge in [-0.1, -0.05) is 6.07 Å². The summed E-state index contributed by atoms with van der Waals surface area (Å²) < 4.78 is 15.1. The number of hydrogen-bond donors (Lipinski definition) is 2. The molecule has 1 amide bonds. The van der Waals surface area contributed by atoms with Crippen LogP contribution in [-0.2, 0) is 16.1 Å². The van der Waals surface area contributed by atoms with E-state index in [9.17, 15) is 4.79 Å². The zero-order valence-corrected chi connectivity index (χ0v) is 11.4. The van der Waals surface area contributed by atoms with E-state index < -0.39 is 6.04 Å².